The van der Waals surface area contributed by atoms with E-state index in [2.05, 4.69) is 13.8 Å². The Bertz CT molecular complexity index is 1020. The van der Waals surface area contributed by atoms with Crippen LogP contribution in [0.15, 0.2) is 42.5 Å². The van der Waals surface area contributed by atoms with Gasteiger partial charge in [0.25, 0.3) is 0 Å². The van der Waals surface area contributed by atoms with Gasteiger partial charge in [0.2, 0.25) is 0 Å². The molecule has 0 aromatic heterocycles. The van der Waals surface area contributed by atoms with E-state index in [1.54, 1.807) is 6.07 Å². The first kappa shape index (κ1) is 37.3. The van der Waals surface area contributed by atoms with Crippen LogP contribution < -0.4 is 0 Å². The van der Waals surface area contributed by atoms with Crippen LogP contribution in [-0.2, 0) is 23.8 Å². The number of carbonyl (C=O) groups is 3. The van der Waals surface area contributed by atoms with Gasteiger partial charge in [0.1, 0.15) is 13.2 Å². The second kappa shape index (κ2) is 24.4. The molecule has 0 aliphatic heterocycles. The fourth-order valence-corrected chi connectivity index (χ4v) is 5.41. The number of hydrogen-bond acceptors (Lipinski definition) is 6. The van der Waals surface area contributed by atoms with E-state index in [1.807, 2.05) is 36.4 Å². The van der Waals surface area contributed by atoms with Crippen molar-refractivity contribution in [2.45, 2.75) is 148 Å². The van der Waals surface area contributed by atoms with Gasteiger partial charge in [0.05, 0.1) is 5.56 Å². The number of benzene rings is 2. The first-order chi connectivity index (χ1) is 21.5. The summed E-state index contributed by atoms with van der Waals surface area (Å²) in [6.07, 6.45) is 20.8. The molecule has 0 amide bonds. The topological polar surface area (TPSA) is 78.9 Å². The zero-order chi connectivity index (χ0) is 31.7. The molecule has 0 saturated carbocycles. The minimum Gasteiger partial charge on any atom is -0.462 e. The fourth-order valence-electron chi connectivity index (χ4n) is 5.41. The Labute approximate surface area is 266 Å². The van der Waals surface area contributed by atoms with E-state index in [0.29, 0.717) is 18.4 Å². The highest BCUT2D eigenvalue weighted by Gasteiger charge is 2.21. The molecule has 0 aliphatic rings. The maximum absolute atomic E-state index is 13.2. The van der Waals surface area contributed by atoms with Crippen LogP contribution in [0.25, 0.3) is 10.8 Å². The fraction of sp³-hybridized carbons (Fsp3) is 0.658. The SMILES string of the molecule is CCCCCCCCCCCC(=O)OCC(COC(=O)CCCCCCCCCCC)OC(=O)c1cccc2ccccc12. The predicted octanol–water partition coefficient (Wildman–Crippen LogP) is 10.3. The molecule has 0 N–H and O–H groups in total. The summed E-state index contributed by atoms with van der Waals surface area (Å²) in [6.45, 7) is 4.17. The van der Waals surface area contributed by atoms with Crippen molar-refractivity contribution < 1.29 is 28.6 Å². The maximum atomic E-state index is 13.2. The molecule has 0 unspecified atom stereocenters. The Hall–Kier alpha value is -2.89. The van der Waals surface area contributed by atoms with Gasteiger partial charge in [0, 0.05) is 12.8 Å². The minimum absolute atomic E-state index is 0.141. The van der Waals surface area contributed by atoms with Crippen molar-refractivity contribution in [3.8, 4) is 0 Å². The molecular weight excluding hydrogens is 552 g/mol. The van der Waals surface area contributed by atoms with E-state index in [4.69, 9.17) is 14.2 Å². The van der Waals surface area contributed by atoms with Gasteiger partial charge in [-0.25, -0.2) is 4.79 Å². The molecule has 6 heteroatoms. The van der Waals surface area contributed by atoms with E-state index in [9.17, 15) is 14.4 Å². The van der Waals surface area contributed by atoms with Crippen molar-refractivity contribution in [3.63, 3.8) is 0 Å². The normalized spacial score (nSPS) is 11.2. The Balaban J connectivity index is 1.78. The van der Waals surface area contributed by atoms with Gasteiger partial charge in [-0.3, -0.25) is 9.59 Å². The molecule has 0 radical (unpaired) electrons. The number of carbonyl (C=O) groups excluding carboxylic acids is 3. The van der Waals surface area contributed by atoms with Crippen molar-refractivity contribution in [2.75, 3.05) is 13.2 Å². The van der Waals surface area contributed by atoms with Crippen LogP contribution in [0.2, 0.25) is 0 Å². The van der Waals surface area contributed by atoms with Crippen molar-refractivity contribution in [1.82, 2.24) is 0 Å². The lowest BCUT2D eigenvalue weighted by atomic mass is 10.0. The third kappa shape index (κ3) is 16.8. The van der Waals surface area contributed by atoms with E-state index in [-0.39, 0.29) is 25.2 Å². The van der Waals surface area contributed by atoms with Gasteiger partial charge in [-0.1, -0.05) is 153 Å². The number of esters is 3. The van der Waals surface area contributed by atoms with Crippen LogP contribution in [0.3, 0.4) is 0 Å². The van der Waals surface area contributed by atoms with Crippen LogP contribution >= 0.6 is 0 Å². The third-order valence-electron chi connectivity index (χ3n) is 8.11. The molecule has 2 rings (SSSR count). The zero-order valence-electron chi connectivity index (χ0n) is 27.6. The van der Waals surface area contributed by atoms with Gasteiger partial charge < -0.3 is 14.2 Å². The average Bonchev–Trinajstić information content (AvgIpc) is 3.04. The average molecular weight is 611 g/mol. The van der Waals surface area contributed by atoms with Gasteiger partial charge in [-0.05, 0) is 29.7 Å². The van der Waals surface area contributed by atoms with Crippen molar-refractivity contribution in [3.05, 3.63) is 48.0 Å². The highest BCUT2D eigenvalue weighted by atomic mass is 16.6. The molecule has 0 aliphatic carbocycles. The Morgan fingerprint density at radius 1 is 0.545 bits per heavy atom. The predicted molar refractivity (Wildman–Crippen MR) is 179 cm³/mol. The second-order valence-corrected chi connectivity index (χ2v) is 12.1. The zero-order valence-corrected chi connectivity index (χ0v) is 27.6. The summed E-state index contributed by atoms with van der Waals surface area (Å²) >= 11 is 0. The van der Waals surface area contributed by atoms with Gasteiger partial charge in [-0.2, -0.15) is 0 Å². The summed E-state index contributed by atoms with van der Waals surface area (Å²) in [6, 6.07) is 13.1. The standard InChI is InChI=1S/C38H58O6/c1-3-5-7-9-11-13-15-17-19-28-36(39)42-30-33(31-43-37(40)29-20-18-16-14-12-10-8-6-4-2)44-38(41)35-27-23-25-32-24-21-22-26-34(32)35/h21-27,33H,3-20,28-31H2,1-2H3. The summed E-state index contributed by atoms with van der Waals surface area (Å²) in [5.41, 5.74) is 0.426. The Kier molecular flexibility index (Phi) is 20.7. The highest BCUT2D eigenvalue weighted by molar-refractivity contribution is 6.04. The molecule has 246 valence electrons. The first-order valence-corrected chi connectivity index (χ1v) is 17.5. The summed E-state index contributed by atoms with van der Waals surface area (Å²) in [7, 11) is 0. The molecule has 0 atom stereocenters. The lowest BCUT2D eigenvalue weighted by Crippen LogP contribution is -2.31. The molecular formula is C38H58O6. The Morgan fingerprint density at radius 2 is 0.977 bits per heavy atom. The molecule has 0 heterocycles. The van der Waals surface area contributed by atoms with Crippen LogP contribution in [0.5, 0.6) is 0 Å². The van der Waals surface area contributed by atoms with E-state index >= 15 is 0 Å². The van der Waals surface area contributed by atoms with E-state index in [1.165, 1.54) is 77.0 Å². The smallest absolute Gasteiger partial charge is 0.339 e. The number of ether oxygens (including phenoxy) is 3. The quantitative estimate of drug-likeness (QED) is 0.0599. The highest BCUT2D eigenvalue weighted by Crippen LogP contribution is 2.20. The van der Waals surface area contributed by atoms with Crippen molar-refractivity contribution in [1.29, 1.82) is 0 Å². The second-order valence-electron chi connectivity index (χ2n) is 12.1. The third-order valence-corrected chi connectivity index (χ3v) is 8.11. The van der Waals surface area contributed by atoms with Crippen LogP contribution in [-0.4, -0.2) is 37.2 Å². The molecule has 0 spiro atoms. The maximum Gasteiger partial charge on any atom is 0.339 e. The molecule has 0 bridgehead atoms. The first-order valence-electron chi connectivity index (χ1n) is 17.5. The summed E-state index contributed by atoms with van der Waals surface area (Å²) < 4.78 is 16.7. The van der Waals surface area contributed by atoms with Crippen LogP contribution in [0.4, 0.5) is 0 Å². The number of unbranched alkanes of at least 4 members (excludes halogenated alkanes) is 16. The summed E-state index contributed by atoms with van der Waals surface area (Å²) in [4.78, 5) is 38.1. The molecule has 44 heavy (non-hydrogen) atoms. The van der Waals surface area contributed by atoms with Crippen molar-refractivity contribution >= 4 is 28.7 Å². The molecule has 2 aromatic carbocycles. The van der Waals surface area contributed by atoms with E-state index < -0.39 is 12.1 Å². The number of fused-ring (bicyclic) bond motifs is 1. The van der Waals surface area contributed by atoms with Gasteiger partial charge >= 0.3 is 17.9 Å². The van der Waals surface area contributed by atoms with Crippen LogP contribution in [0.1, 0.15) is 153 Å². The molecule has 0 saturated heterocycles. The van der Waals surface area contributed by atoms with Gasteiger partial charge in [-0.15, -0.1) is 0 Å². The lowest BCUT2D eigenvalue weighted by molar-refractivity contribution is -0.152. The van der Waals surface area contributed by atoms with Crippen molar-refractivity contribution in [2.24, 2.45) is 0 Å². The molecule has 6 nitrogen and oxygen atoms in total. The van der Waals surface area contributed by atoms with Crippen LogP contribution in [0, 0.1) is 0 Å². The largest absolute Gasteiger partial charge is 0.462 e. The van der Waals surface area contributed by atoms with Gasteiger partial charge in [0.15, 0.2) is 6.10 Å². The number of hydrogen-bond donors (Lipinski definition) is 0. The minimum atomic E-state index is -0.874. The Morgan fingerprint density at radius 3 is 1.48 bits per heavy atom. The lowest BCUT2D eigenvalue weighted by Gasteiger charge is -2.19. The monoisotopic (exact) mass is 610 g/mol. The summed E-state index contributed by atoms with van der Waals surface area (Å²) in [5.74, 6) is -1.17. The number of rotatable bonds is 26. The summed E-state index contributed by atoms with van der Waals surface area (Å²) in [5, 5.41) is 1.71. The molecule has 2 aromatic rings. The molecule has 0 fully saturated rings. The van der Waals surface area contributed by atoms with E-state index in [0.717, 1.165) is 49.3 Å².